The summed E-state index contributed by atoms with van der Waals surface area (Å²) in [6.45, 7) is 3.26. The Morgan fingerprint density at radius 1 is 1.59 bits per heavy atom. The van der Waals surface area contributed by atoms with E-state index in [0.29, 0.717) is 5.41 Å². The number of aromatic amines is 1. The maximum absolute atomic E-state index is 5.39. The molecule has 90 valence electrons. The molecule has 1 aliphatic rings. The minimum absolute atomic E-state index is 0.474. The van der Waals surface area contributed by atoms with E-state index in [1.807, 2.05) is 12.3 Å². The van der Waals surface area contributed by atoms with Crippen molar-refractivity contribution in [3.8, 4) is 0 Å². The summed E-state index contributed by atoms with van der Waals surface area (Å²) in [6.07, 6.45) is 5.67. The summed E-state index contributed by atoms with van der Waals surface area (Å²) >= 11 is 8.82. The second kappa shape index (κ2) is 3.92. The lowest BCUT2D eigenvalue weighted by Crippen LogP contribution is -2.11. The van der Waals surface area contributed by atoms with Gasteiger partial charge in [0.2, 0.25) is 0 Å². The van der Waals surface area contributed by atoms with Crippen molar-refractivity contribution >= 4 is 39.3 Å². The molecule has 1 fully saturated rings. The van der Waals surface area contributed by atoms with Gasteiger partial charge in [0.1, 0.15) is 0 Å². The maximum atomic E-state index is 5.39. The second-order valence-corrected chi connectivity index (χ2v) is 6.20. The Balaban J connectivity index is 2.09. The van der Waals surface area contributed by atoms with Gasteiger partial charge in [-0.25, -0.2) is 4.98 Å². The summed E-state index contributed by atoms with van der Waals surface area (Å²) in [5.41, 5.74) is 2.46. The van der Waals surface area contributed by atoms with Gasteiger partial charge in [-0.15, -0.1) is 0 Å². The Kier molecular flexibility index (Phi) is 2.63. The van der Waals surface area contributed by atoms with E-state index < -0.39 is 0 Å². The summed E-state index contributed by atoms with van der Waals surface area (Å²) in [4.78, 5) is 7.69. The number of pyridine rings is 1. The van der Waals surface area contributed by atoms with Gasteiger partial charge in [0, 0.05) is 17.2 Å². The molecule has 3 rings (SSSR count). The lowest BCUT2D eigenvalue weighted by Gasteiger charge is -2.13. The highest BCUT2D eigenvalue weighted by molar-refractivity contribution is 9.10. The lowest BCUT2D eigenvalue weighted by atomic mass is 10.0. The average Bonchev–Trinajstić information content (AvgIpc) is 3.01. The molecule has 0 saturated heterocycles. The zero-order valence-corrected chi connectivity index (χ0v) is 12.1. The highest BCUT2D eigenvalue weighted by Crippen LogP contribution is 2.50. The zero-order valence-electron chi connectivity index (χ0n) is 9.66. The van der Waals surface area contributed by atoms with Crippen molar-refractivity contribution < 1.29 is 0 Å². The lowest BCUT2D eigenvalue weighted by molar-refractivity contribution is 0.411. The number of hydrogen-bond acceptors (Lipinski definition) is 2. The molecule has 2 aromatic heterocycles. The maximum Gasteiger partial charge on any atom is 0.179 e. The van der Waals surface area contributed by atoms with Crippen LogP contribution in [0.25, 0.3) is 11.2 Å². The minimum atomic E-state index is 0.474. The van der Waals surface area contributed by atoms with Crippen LogP contribution in [-0.4, -0.2) is 14.5 Å². The van der Waals surface area contributed by atoms with Gasteiger partial charge in [-0.3, -0.25) is 0 Å². The predicted molar refractivity (Wildman–Crippen MR) is 74.6 cm³/mol. The summed E-state index contributed by atoms with van der Waals surface area (Å²) in [5, 5.41) is 0. The fraction of sp³-hybridized carbons (Fsp3) is 0.500. The molecule has 0 unspecified atom stereocenters. The number of nitrogens with one attached hydrogen (secondary N) is 1. The van der Waals surface area contributed by atoms with Crippen LogP contribution >= 0.6 is 28.1 Å². The van der Waals surface area contributed by atoms with E-state index in [2.05, 4.69) is 37.4 Å². The monoisotopic (exact) mass is 311 g/mol. The first kappa shape index (κ1) is 11.4. The Bertz CT molecular complexity index is 624. The third-order valence-corrected chi connectivity index (χ3v) is 4.53. The Hall–Kier alpha value is -0.680. The highest BCUT2D eigenvalue weighted by atomic mass is 79.9. The number of hydrogen-bond donors (Lipinski definition) is 1. The van der Waals surface area contributed by atoms with Crippen LogP contribution in [0.5, 0.6) is 0 Å². The highest BCUT2D eigenvalue weighted by Gasteiger charge is 2.41. The van der Waals surface area contributed by atoms with Gasteiger partial charge in [-0.2, -0.15) is 0 Å². The molecule has 0 atom stereocenters. The molecule has 1 aliphatic carbocycles. The van der Waals surface area contributed by atoms with Gasteiger partial charge in [-0.1, -0.05) is 6.92 Å². The van der Waals surface area contributed by atoms with Gasteiger partial charge in [0.05, 0.1) is 5.52 Å². The fourth-order valence-electron chi connectivity index (χ4n) is 2.30. The van der Waals surface area contributed by atoms with E-state index in [9.17, 15) is 0 Å². The standard InChI is InChI=1S/C12H14BrN3S/c1-2-12(3-4-12)7-16-10-9(15-11(16)17)5-8(13)6-14-10/h5-6H,2-4,7H2,1H3,(H,15,17). The molecular formula is C12H14BrN3S. The molecule has 0 bridgehead atoms. The Labute approximate surface area is 113 Å². The van der Waals surface area contributed by atoms with Gasteiger partial charge in [0.25, 0.3) is 0 Å². The molecule has 0 aromatic carbocycles. The molecule has 3 nitrogen and oxygen atoms in total. The van der Waals surface area contributed by atoms with Crippen molar-refractivity contribution in [2.75, 3.05) is 0 Å². The number of fused-ring (bicyclic) bond motifs is 1. The largest absolute Gasteiger partial charge is 0.329 e. The molecular weight excluding hydrogens is 298 g/mol. The number of H-pyrrole nitrogens is 1. The molecule has 0 spiro atoms. The van der Waals surface area contributed by atoms with Crippen LogP contribution in [0.4, 0.5) is 0 Å². The minimum Gasteiger partial charge on any atom is -0.329 e. The molecule has 0 amide bonds. The van der Waals surface area contributed by atoms with Crippen LogP contribution in [0, 0.1) is 10.2 Å². The summed E-state index contributed by atoms with van der Waals surface area (Å²) in [5.74, 6) is 0. The number of imidazole rings is 1. The van der Waals surface area contributed by atoms with Crippen LogP contribution in [-0.2, 0) is 6.54 Å². The van der Waals surface area contributed by atoms with E-state index in [1.54, 1.807) is 0 Å². The molecule has 1 N–H and O–H groups in total. The van der Waals surface area contributed by atoms with Crippen molar-refractivity contribution in [1.82, 2.24) is 14.5 Å². The molecule has 5 heteroatoms. The Morgan fingerprint density at radius 2 is 2.35 bits per heavy atom. The van der Waals surface area contributed by atoms with Crippen LogP contribution in [0.2, 0.25) is 0 Å². The first-order valence-electron chi connectivity index (χ1n) is 5.88. The number of aromatic nitrogens is 3. The molecule has 1 saturated carbocycles. The van der Waals surface area contributed by atoms with E-state index in [4.69, 9.17) is 12.2 Å². The third-order valence-electron chi connectivity index (χ3n) is 3.78. The quantitative estimate of drug-likeness (QED) is 0.868. The summed E-state index contributed by atoms with van der Waals surface area (Å²) < 4.78 is 3.91. The van der Waals surface area contributed by atoms with Crippen LogP contribution in [0.15, 0.2) is 16.7 Å². The molecule has 0 radical (unpaired) electrons. The van der Waals surface area contributed by atoms with Crippen molar-refractivity contribution in [3.63, 3.8) is 0 Å². The van der Waals surface area contributed by atoms with Crippen molar-refractivity contribution in [2.24, 2.45) is 5.41 Å². The SMILES string of the molecule is CCC1(Cn2c(=S)[nH]c3cc(Br)cnc32)CC1. The fourth-order valence-corrected chi connectivity index (χ4v) is 2.89. The second-order valence-electron chi connectivity index (χ2n) is 4.89. The van der Waals surface area contributed by atoms with Crippen LogP contribution in [0.3, 0.4) is 0 Å². The first-order valence-corrected chi connectivity index (χ1v) is 7.08. The average molecular weight is 312 g/mol. The van der Waals surface area contributed by atoms with E-state index in [0.717, 1.165) is 27.0 Å². The topological polar surface area (TPSA) is 33.6 Å². The third kappa shape index (κ3) is 1.95. The van der Waals surface area contributed by atoms with Gasteiger partial charge < -0.3 is 9.55 Å². The van der Waals surface area contributed by atoms with Gasteiger partial charge in [-0.05, 0) is 58.9 Å². The number of rotatable bonds is 3. The first-order chi connectivity index (χ1) is 8.13. The van der Waals surface area contributed by atoms with Crippen molar-refractivity contribution in [2.45, 2.75) is 32.7 Å². The zero-order chi connectivity index (χ0) is 12.0. The van der Waals surface area contributed by atoms with Crippen LogP contribution < -0.4 is 0 Å². The normalized spacial score (nSPS) is 17.5. The summed E-state index contributed by atoms with van der Waals surface area (Å²) in [6, 6.07) is 2.03. The number of halogens is 1. The van der Waals surface area contributed by atoms with Crippen molar-refractivity contribution in [1.29, 1.82) is 0 Å². The predicted octanol–water partition coefficient (Wildman–Crippen LogP) is 4.05. The molecule has 2 aromatic rings. The number of nitrogens with zero attached hydrogens (tertiary/aromatic N) is 2. The van der Waals surface area contributed by atoms with Gasteiger partial charge >= 0.3 is 0 Å². The van der Waals surface area contributed by atoms with E-state index >= 15 is 0 Å². The molecule has 2 heterocycles. The molecule has 17 heavy (non-hydrogen) atoms. The van der Waals surface area contributed by atoms with Gasteiger partial charge in [0.15, 0.2) is 10.4 Å². The Morgan fingerprint density at radius 3 is 3.00 bits per heavy atom. The van der Waals surface area contributed by atoms with Crippen molar-refractivity contribution in [3.05, 3.63) is 21.5 Å². The van der Waals surface area contributed by atoms with E-state index in [-0.39, 0.29) is 0 Å². The smallest absolute Gasteiger partial charge is 0.179 e. The van der Waals surface area contributed by atoms with E-state index in [1.165, 1.54) is 19.3 Å². The molecule has 0 aliphatic heterocycles. The summed E-state index contributed by atoms with van der Waals surface area (Å²) in [7, 11) is 0. The van der Waals surface area contributed by atoms with Crippen LogP contribution in [0.1, 0.15) is 26.2 Å².